The lowest BCUT2D eigenvalue weighted by Crippen LogP contribution is -2.23. The molecule has 1 N–H and O–H groups in total. The summed E-state index contributed by atoms with van der Waals surface area (Å²) in [5.74, 6) is 0. The van der Waals surface area contributed by atoms with E-state index in [1.807, 2.05) is 11.3 Å². The zero-order chi connectivity index (χ0) is 11.0. The van der Waals surface area contributed by atoms with E-state index >= 15 is 0 Å². The molecule has 0 aromatic carbocycles. The van der Waals surface area contributed by atoms with Crippen molar-refractivity contribution in [2.24, 2.45) is 0 Å². The monoisotopic (exact) mass is 236 g/mol. The van der Waals surface area contributed by atoms with Crippen LogP contribution in [-0.2, 0) is 12.8 Å². The molecule has 1 atom stereocenters. The number of thiazole rings is 1. The fourth-order valence-electron chi connectivity index (χ4n) is 2.46. The molecule has 2 aliphatic carbocycles. The Bertz CT molecular complexity index is 347. The lowest BCUT2D eigenvalue weighted by atomic mass is 10.2. The molecule has 0 saturated heterocycles. The summed E-state index contributed by atoms with van der Waals surface area (Å²) in [7, 11) is 0. The summed E-state index contributed by atoms with van der Waals surface area (Å²) in [4.78, 5) is 6.41. The van der Waals surface area contributed by atoms with Gasteiger partial charge < -0.3 is 5.32 Å². The van der Waals surface area contributed by atoms with Crippen LogP contribution in [0.1, 0.15) is 60.6 Å². The van der Waals surface area contributed by atoms with Gasteiger partial charge in [0, 0.05) is 10.9 Å². The molecule has 0 aliphatic heterocycles. The second kappa shape index (κ2) is 4.46. The average Bonchev–Trinajstić information content (AvgIpc) is 2.83. The fraction of sp³-hybridized carbons (Fsp3) is 0.769. The summed E-state index contributed by atoms with van der Waals surface area (Å²) < 4.78 is 0. The molecule has 88 valence electrons. The molecule has 1 unspecified atom stereocenters. The first-order valence-corrected chi connectivity index (χ1v) is 7.43. The topological polar surface area (TPSA) is 24.9 Å². The fourth-order valence-corrected chi connectivity index (χ4v) is 3.71. The smallest absolute Gasteiger partial charge is 0.110 e. The maximum atomic E-state index is 4.85. The van der Waals surface area contributed by atoms with Crippen molar-refractivity contribution in [3.05, 3.63) is 15.6 Å². The van der Waals surface area contributed by atoms with Crippen molar-refractivity contribution in [3.8, 4) is 0 Å². The van der Waals surface area contributed by atoms with Gasteiger partial charge in [0.05, 0.1) is 11.7 Å². The minimum Gasteiger partial charge on any atom is -0.305 e. The third-order valence-electron chi connectivity index (χ3n) is 3.50. The van der Waals surface area contributed by atoms with Gasteiger partial charge in [-0.1, -0.05) is 13.3 Å². The van der Waals surface area contributed by atoms with E-state index in [2.05, 4.69) is 12.2 Å². The van der Waals surface area contributed by atoms with Gasteiger partial charge in [0.2, 0.25) is 0 Å². The van der Waals surface area contributed by atoms with Gasteiger partial charge in [-0.3, -0.25) is 0 Å². The van der Waals surface area contributed by atoms with Gasteiger partial charge in [-0.2, -0.15) is 0 Å². The molecule has 0 radical (unpaired) electrons. The molecular weight excluding hydrogens is 216 g/mol. The zero-order valence-corrected chi connectivity index (χ0v) is 10.8. The second-order valence-electron chi connectivity index (χ2n) is 5.06. The van der Waals surface area contributed by atoms with Crippen LogP contribution >= 0.6 is 11.3 Å². The van der Waals surface area contributed by atoms with E-state index in [4.69, 9.17) is 4.98 Å². The van der Waals surface area contributed by atoms with E-state index in [0.717, 1.165) is 6.04 Å². The largest absolute Gasteiger partial charge is 0.305 e. The molecule has 1 fully saturated rings. The van der Waals surface area contributed by atoms with Crippen LogP contribution < -0.4 is 5.32 Å². The van der Waals surface area contributed by atoms with Gasteiger partial charge in [0.1, 0.15) is 5.01 Å². The minimum absolute atomic E-state index is 0.535. The molecule has 16 heavy (non-hydrogen) atoms. The van der Waals surface area contributed by atoms with Crippen LogP contribution in [0.25, 0.3) is 0 Å². The Hall–Kier alpha value is -0.410. The highest BCUT2D eigenvalue weighted by atomic mass is 32.1. The summed E-state index contributed by atoms with van der Waals surface area (Å²) in [6.07, 6.45) is 9.03. The van der Waals surface area contributed by atoms with Gasteiger partial charge in [-0.15, -0.1) is 11.3 Å². The number of nitrogens with zero attached hydrogens (tertiary/aromatic N) is 1. The van der Waals surface area contributed by atoms with Gasteiger partial charge in [0.25, 0.3) is 0 Å². The Morgan fingerprint density at radius 1 is 1.44 bits per heavy atom. The van der Waals surface area contributed by atoms with Crippen molar-refractivity contribution in [2.45, 2.75) is 64.0 Å². The zero-order valence-electron chi connectivity index (χ0n) is 9.96. The highest BCUT2D eigenvalue weighted by Gasteiger charge is 2.27. The first kappa shape index (κ1) is 10.7. The number of nitrogens with one attached hydrogen (secondary N) is 1. The molecular formula is C13H20N2S. The number of hydrogen-bond acceptors (Lipinski definition) is 3. The van der Waals surface area contributed by atoms with Gasteiger partial charge in [0.15, 0.2) is 0 Å². The summed E-state index contributed by atoms with van der Waals surface area (Å²) in [5.41, 5.74) is 1.40. The van der Waals surface area contributed by atoms with E-state index < -0.39 is 0 Å². The predicted molar refractivity (Wildman–Crippen MR) is 67.9 cm³/mol. The SMILES string of the molecule is CCCC(NC1CC1)c1nc2c(s1)CCC2. The molecule has 1 aromatic heterocycles. The Balaban J connectivity index is 1.75. The number of hydrogen-bond donors (Lipinski definition) is 1. The first-order valence-electron chi connectivity index (χ1n) is 6.61. The first-order chi connectivity index (χ1) is 7.86. The predicted octanol–water partition coefficient (Wildman–Crippen LogP) is 3.23. The van der Waals surface area contributed by atoms with Crippen LogP contribution in [0, 0.1) is 0 Å². The van der Waals surface area contributed by atoms with Gasteiger partial charge in [-0.05, 0) is 38.5 Å². The Labute approximate surface area is 101 Å². The molecule has 0 bridgehead atoms. The molecule has 0 amide bonds. The normalized spacial score (nSPS) is 21.1. The van der Waals surface area contributed by atoms with Crippen molar-refractivity contribution in [1.29, 1.82) is 0 Å². The summed E-state index contributed by atoms with van der Waals surface area (Å²) >= 11 is 1.97. The lowest BCUT2D eigenvalue weighted by Gasteiger charge is -2.15. The number of fused-ring (bicyclic) bond motifs is 1. The Morgan fingerprint density at radius 2 is 2.31 bits per heavy atom. The van der Waals surface area contributed by atoms with Crippen molar-refractivity contribution < 1.29 is 0 Å². The van der Waals surface area contributed by atoms with Crippen LogP contribution in [0.5, 0.6) is 0 Å². The minimum atomic E-state index is 0.535. The maximum absolute atomic E-state index is 4.85. The Morgan fingerprint density at radius 3 is 3.00 bits per heavy atom. The molecule has 0 spiro atoms. The van der Waals surface area contributed by atoms with Crippen LogP contribution in [0.3, 0.4) is 0 Å². The summed E-state index contributed by atoms with van der Waals surface area (Å²) in [6, 6.07) is 1.32. The third kappa shape index (κ3) is 2.16. The maximum Gasteiger partial charge on any atom is 0.110 e. The Kier molecular flexibility index (Phi) is 2.99. The number of aryl methyl sites for hydroxylation is 2. The molecule has 1 aromatic rings. The van der Waals surface area contributed by atoms with Crippen LogP contribution in [0.2, 0.25) is 0 Å². The molecule has 3 rings (SSSR count). The van der Waals surface area contributed by atoms with E-state index in [1.54, 1.807) is 4.88 Å². The highest BCUT2D eigenvalue weighted by Crippen LogP contribution is 2.34. The van der Waals surface area contributed by atoms with Crippen molar-refractivity contribution in [2.75, 3.05) is 0 Å². The van der Waals surface area contributed by atoms with E-state index in [1.165, 1.54) is 55.6 Å². The van der Waals surface area contributed by atoms with Crippen LogP contribution in [-0.4, -0.2) is 11.0 Å². The molecule has 1 saturated carbocycles. The van der Waals surface area contributed by atoms with E-state index in [-0.39, 0.29) is 0 Å². The number of rotatable bonds is 5. The quantitative estimate of drug-likeness (QED) is 0.849. The van der Waals surface area contributed by atoms with Crippen LogP contribution in [0.15, 0.2) is 0 Å². The van der Waals surface area contributed by atoms with E-state index in [9.17, 15) is 0 Å². The molecule has 1 heterocycles. The van der Waals surface area contributed by atoms with Gasteiger partial charge in [-0.25, -0.2) is 4.98 Å². The van der Waals surface area contributed by atoms with Crippen molar-refractivity contribution in [3.63, 3.8) is 0 Å². The number of aromatic nitrogens is 1. The highest BCUT2D eigenvalue weighted by molar-refractivity contribution is 7.11. The summed E-state index contributed by atoms with van der Waals surface area (Å²) in [5, 5.41) is 5.10. The lowest BCUT2D eigenvalue weighted by molar-refractivity contribution is 0.488. The van der Waals surface area contributed by atoms with Gasteiger partial charge >= 0.3 is 0 Å². The third-order valence-corrected chi connectivity index (χ3v) is 4.77. The second-order valence-corrected chi connectivity index (χ2v) is 6.17. The van der Waals surface area contributed by atoms with Crippen molar-refractivity contribution >= 4 is 11.3 Å². The van der Waals surface area contributed by atoms with E-state index in [0.29, 0.717) is 6.04 Å². The van der Waals surface area contributed by atoms with Crippen LogP contribution in [0.4, 0.5) is 0 Å². The molecule has 3 heteroatoms. The molecule has 2 nitrogen and oxygen atoms in total. The average molecular weight is 236 g/mol. The standard InChI is InChI=1S/C13H20N2S/c1-2-4-11(14-9-7-8-9)13-15-10-5-3-6-12(10)16-13/h9,11,14H,2-8H2,1H3. The molecule has 2 aliphatic rings. The van der Waals surface area contributed by atoms with Crippen molar-refractivity contribution in [1.82, 2.24) is 10.3 Å². The summed E-state index contributed by atoms with van der Waals surface area (Å²) in [6.45, 7) is 2.27.